The Morgan fingerprint density at radius 3 is 1.70 bits per heavy atom. The summed E-state index contributed by atoms with van der Waals surface area (Å²) in [5.74, 6) is 0. The minimum atomic E-state index is -0.290. The molecule has 0 amide bonds. The Balaban J connectivity index is 1.77. The normalized spacial score (nSPS) is 15.5. The van der Waals surface area contributed by atoms with E-state index in [2.05, 4.69) is 177 Å². The lowest BCUT2D eigenvalue weighted by molar-refractivity contribution is 0.511. The Kier molecular flexibility index (Phi) is 9.75. The van der Waals surface area contributed by atoms with Crippen molar-refractivity contribution in [2.24, 2.45) is 0 Å². The van der Waals surface area contributed by atoms with Crippen LogP contribution in [0, 0.1) is 13.8 Å². The fourth-order valence-corrected chi connectivity index (χ4v) is 7.84. The SMILES string of the molecule is C=Cc1ccc(C2(CCCCCC)c3cc(C(C)(C)C)ccc3-c3c(N(c4ccc(C)cc4)c4ccc(C)cc4)cc(C(C)(C)C)cc32)cc1. The molecule has 258 valence electrons. The van der Waals surface area contributed by atoms with Crippen molar-refractivity contribution in [3.63, 3.8) is 0 Å². The van der Waals surface area contributed by atoms with Crippen LogP contribution in [0.4, 0.5) is 17.1 Å². The third kappa shape index (κ3) is 6.60. The summed E-state index contributed by atoms with van der Waals surface area (Å²) >= 11 is 0. The van der Waals surface area contributed by atoms with Crippen molar-refractivity contribution in [3.05, 3.63) is 154 Å². The summed E-state index contributed by atoms with van der Waals surface area (Å²) in [6, 6.07) is 39.9. The molecule has 0 aliphatic heterocycles. The maximum absolute atomic E-state index is 4.09. The third-order valence-corrected chi connectivity index (χ3v) is 10.9. The van der Waals surface area contributed by atoms with Crippen LogP contribution in [0.5, 0.6) is 0 Å². The van der Waals surface area contributed by atoms with Gasteiger partial charge in [0.2, 0.25) is 0 Å². The van der Waals surface area contributed by atoms with Crippen LogP contribution in [0.15, 0.2) is 110 Å². The highest BCUT2D eigenvalue weighted by atomic mass is 15.1. The van der Waals surface area contributed by atoms with E-state index in [-0.39, 0.29) is 16.2 Å². The van der Waals surface area contributed by atoms with E-state index in [1.807, 2.05) is 6.08 Å². The molecule has 0 N–H and O–H groups in total. The standard InChI is InChI=1S/C49H57N/c1-11-13-14-15-30-49(37-22-20-36(12-2)21-23-37)43-31-38(47(5,6)7)24-29-42(43)46-44(49)32-39(48(8,9)10)33-45(46)50(40-25-16-34(3)17-26-40)41-27-18-35(4)19-28-41/h12,16-29,31-33H,2,11,13-15,30H2,1,3-10H3. The number of unbranched alkanes of at least 4 members (excludes halogenated alkanes) is 3. The number of rotatable bonds is 10. The highest BCUT2D eigenvalue weighted by molar-refractivity contribution is 5.97. The van der Waals surface area contributed by atoms with E-state index in [0.29, 0.717) is 0 Å². The van der Waals surface area contributed by atoms with Gasteiger partial charge < -0.3 is 4.90 Å². The van der Waals surface area contributed by atoms with Crippen molar-refractivity contribution in [1.82, 2.24) is 0 Å². The van der Waals surface area contributed by atoms with Crippen molar-refractivity contribution in [2.75, 3.05) is 4.90 Å². The summed E-state index contributed by atoms with van der Waals surface area (Å²) < 4.78 is 0. The van der Waals surface area contributed by atoms with Gasteiger partial charge in [0.1, 0.15) is 0 Å². The summed E-state index contributed by atoms with van der Waals surface area (Å²) in [6.45, 7) is 24.9. The number of hydrogen-bond donors (Lipinski definition) is 0. The second-order valence-electron chi connectivity index (χ2n) is 16.7. The Morgan fingerprint density at radius 2 is 1.18 bits per heavy atom. The summed E-state index contributed by atoms with van der Waals surface area (Å²) in [6.07, 6.45) is 7.92. The first-order valence-corrected chi connectivity index (χ1v) is 18.8. The zero-order valence-electron chi connectivity index (χ0n) is 32.1. The smallest absolute Gasteiger partial charge is 0.0546 e. The molecule has 1 aliphatic rings. The Labute approximate surface area is 303 Å². The molecule has 1 atom stereocenters. The van der Waals surface area contributed by atoms with E-state index in [9.17, 15) is 0 Å². The fraction of sp³-hybridized carbons (Fsp3) is 0.347. The first-order valence-electron chi connectivity index (χ1n) is 18.8. The number of aryl methyl sites for hydroxylation is 2. The van der Waals surface area contributed by atoms with Crippen molar-refractivity contribution in [2.45, 2.75) is 111 Å². The van der Waals surface area contributed by atoms with Gasteiger partial charge in [-0.05, 0) is 100 Å². The van der Waals surface area contributed by atoms with Gasteiger partial charge in [0.05, 0.1) is 5.69 Å². The topological polar surface area (TPSA) is 3.24 Å². The van der Waals surface area contributed by atoms with E-state index >= 15 is 0 Å². The van der Waals surface area contributed by atoms with Crippen LogP contribution >= 0.6 is 0 Å². The maximum atomic E-state index is 4.09. The van der Waals surface area contributed by atoms with Crippen molar-refractivity contribution in [3.8, 4) is 11.1 Å². The summed E-state index contributed by atoms with van der Waals surface area (Å²) in [5.41, 5.74) is 16.7. The molecule has 0 spiro atoms. The molecule has 0 aromatic heterocycles. The Bertz CT molecular complexity index is 1920. The molecule has 5 aromatic carbocycles. The summed E-state index contributed by atoms with van der Waals surface area (Å²) in [7, 11) is 0. The molecule has 1 nitrogen and oxygen atoms in total. The zero-order chi connectivity index (χ0) is 35.8. The first-order chi connectivity index (χ1) is 23.8. The van der Waals surface area contributed by atoms with Gasteiger partial charge in [-0.25, -0.2) is 0 Å². The van der Waals surface area contributed by atoms with Crippen molar-refractivity contribution in [1.29, 1.82) is 0 Å². The average Bonchev–Trinajstić information content (AvgIpc) is 3.37. The molecule has 0 fully saturated rings. The van der Waals surface area contributed by atoms with E-state index in [0.717, 1.165) is 12.0 Å². The molecule has 6 rings (SSSR count). The minimum Gasteiger partial charge on any atom is -0.310 e. The second-order valence-corrected chi connectivity index (χ2v) is 16.7. The molecule has 1 unspecified atom stereocenters. The predicted octanol–water partition coefficient (Wildman–Crippen LogP) is 14.3. The molecule has 5 aromatic rings. The Morgan fingerprint density at radius 1 is 0.620 bits per heavy atom. The van der Waals surface area contributed by atoms with Crippen molar-refractivity contribution < 1.29 is 0 Å². The molecule has 0 heterocycles. The van der Waals surface area contributed by atoms with Crippen LogP contribution < -0.4 is 4.90 Å². The van der Waals surface area contributed by atoms with Crippen LogP contribution in [-0.4, -0.2) is 0 Å². The first kappa shape index (κ1) is 35.5. The van der Waals surface area contributed by atoms with E-state index < -0.39 is 0 Å². The number of nitrogens with zero attached hydrogens (tertiary/aromatic N) is 1. The second kappa shape index (κ2) is 13.7. The largest absolute Gasteiger partial charge is 0.310 e. The lowest BCUT2D eigenvalue weighted by Crippen LogP contribution is -2.28. The van der Waals surface area contributed by atoms with Crippen LogP contribution in [0.25, 0.3) is 17.2 Å². The van der Waals surface area contributed by atoms with Crippen LogP contribution in [0.1, 0.15) is 125 Å². The monoisotopic (exact) mass is 659 g/mol. The lowest BCUT2D eigenvalue weighted by atomic mass is 9.67. The van der Waals surface area contributed by atoms with Gasteiger partial charge in [-0.2, -0.15) is 0 Å². The summed E-state index contributed by atoms with van der Waals surface area (Å²) in [4.78, 5) is 2.52. The van der Waals surface area contributed by atoms with Crippen LogP contribution in [0.2, 0.25) is 0 Å². The molecule has 1 aliphatic carbocycles. The van der Waals surface area contributed by atoms with Crippen LogP contribution in [-0.2, 0) is 16.2 Å². The number of hydrogen-bond acceptors (Lipinski definition) is 1. The molecule has 50 heavy (non-hydrogen) atoms. The number of benzene rings is 5. The van der Waals surface area contributed by atoms with Gasteiger partial charge in [-0.15, -0.1) is 0 Å². The van der Waals surface area contributed by atoms with Gasteiger partial charge in [0, 0.05) is 22.4 Å². The van der Waals surface area contributed by atoms with Gasteiger partial charge >= 0.3 is 0 Å². The van der Waals surface area contributed by atoms with Crippen molar-refractivity contribution >= 4 is 23.1 Å². The van der Waals surface area contributed by atoms with Gasteiger partial charge in [-0.1, -0.05) is 171 Å². The molecular formula is C49H57N. The maximum Gasteiger partial charge on any atom is 0.0546 e. The highest BCUT2D eigenvalue weighted by Crippen LogP contribution is 2.60. The van der Waals surface area contributed by atoms with Gasteiger partial charge in [0.25, 0.3) is 0 Å². The molecule has 0 radical (unpaired) electrons. The number of fused-ring (bicyclic) bond motifs is 3. The lowest BCUT2D eigenvalue weighted by Gasteiger charge is -2.36. The molecule has 0 saturated heterocycles. The molecule has 0 saturated carbocycles. The Hall–Kier alpha value is -4.36. The zero-order valence-corrected chi connectivity index (χ0v) is 32.1. The predicted molar refractivity (Wildman–Crippen MR) is 219 cm³/mol. The molecular weight excluding hydrogens is 603 g/mol. The van der Waals surface area contributed by atoms with Crippen LogP contribution in [0.3, 0.4) is 0 Å². The number of anilines is 3. The molecule has 0 bridgehead atoms. The quantitative estimate of drug-likeness (QED) is 0.135. The van der Waals surface area contributed by atoms with Gasteiger partial charge in [0.15, 0.2) is 0 Å². The fourth-order valence-electron chi connectivity index (χ4n) is 7.84. The molecule has 1 heteroatoms. The van der Waals surface area contributed by atoms with Gasteiger partial charge in [-0.3, -0.25) is 0 Å². The van der Waals surface area contributed by atoms with E-state index in [4.69, 9.17) is 0 Å². The van der Waals surface area contributed by atoms with E-state index in [1.54, 1.807) is 0 Å². The van der Waals surface area contributed by atoms with E-state index in [1.165, 1.54) is 92.8 Å². The highest BCUT2D eigenvalue weighted by Gasteiger charge is 2.47. The summed E-state index contributed by atoms with van der Waals surface area (Å²) in [5, 5.41) is 0. The average molecular weight is 660 g/mol. The minimum absolute atomic E-state index is 0.0275. The third-order valence-electron chi connectivity index (χ3n) is 10.9.